The van der Waals surface area contributed by atoms with E-state index in [0.717, 1.165) is 6.08 Å². The number of allylic oxidation sites excluding steroid dienone is 1. The number of rotatable bonds is 5. The van der Waals surface area contributed by atoms with Crippen molar-refractivity contribution in [2.45, 2.75) is 13.3 Å². The van der Waals surface area contributed by atoms with E-state index in [1.807, 2.05) is 0 Å². The van der Waals surface area contributed by atoms with Gasteiger partial charge in [-0.1, -0.05) is 11.6 Å². The van der Waals surface area contributed by atoms with Crippen molar-refractivity contribution in [3.63, 3.8) is 0 Å². The van der Waals surface area contributed by atoms with Crippen molar-refractivity contribution in [1.82, 2.24) is 0 Å². The molecule has 0 aliphatic rings. The summed E-state index contributed by atoms with van der Waals surface area (Å²) in [5, 5.41) is 20.2. The van der Waals surface area contributed by atoms with Crippen LogP contribution in [0, 0.1) is 5.41 Å². The van der Waals surface area contributed by atoms with Gasteiger partial charge in [0.2, 0.25) is 0 Å². The number of ketones is 1. The first-order valence-corrected chi connectivity index (χ1v) is 3.83. The maximum Gasteiger partial charge on any atom is 2.00 e. The predicted molar refractivity (Wildman–Crippen MR) is 51.3 cm³/mol. The van der Waals surface area contributed by atoms with Gasteiger partial charge in [-0.3, -0.25) is 4.79 Å². The van der Waals surface area contributed by atoms with Gasteiger partial charge in [0.15, 0.2) is 5.78 Å². The summed E-state index contributed by atoms with van der Waals surface area (Å²) in [6.07, 6.45) is 0.174. The maximum absolute atomic E-state index is 11.1. The van der Waals surface area contributed by atoms with E-state index in [4.69, 9.17) is 0 Å². The van der Waals surface area contributed by atoms with Gasteiger partial charge in [0.05, 0.1) is 5.41 Å². The summed E-state index contributed by atoms with van der Waals surface area (Å²) in [5.41, 5.74) is -1.71. The molecule has 0 N–H and O–H groups in total. The number of hydrogen-bond donors (Lipinski definition) is 0. The number of thiocarbonyl (C=S) groups is 1. The van der Waals surface area contributed by atoms with Crippen LogP contribution in [0.5, 0.6) is 0 Å². The minimum absolute atomic E-state index is 0. The van der Waals surface area contributed by atoms with E-state index in [1.165, 1.54) is 6.92 Å². The first kappa shape index (κ1) is 16.0. The van der Waals surface area contributed by atoms with Crippen LogP contribution in [0.3, 0.4) is 0 Å². The fraction of sp³-hybridized carbons (Fsp3) is 0.375. The Morgan fingerprint density at radius 2 is 1.93 bits per heavy atom. The summed E-state index contributed by atoms with van der Waals surface area (Å²) in [6, 6.07) is 0. The molecular formula is C8H8MgO4S. The summed E-state index contributed by atoms with van der Waals surface area (Å²) < 4.78 is 0. The summed E-state index contributed by atoms with van der Waals surface area (Å²) in [7, 11) is 0. The van der Waals surface area contributed by atoms with Crippen LogP contribution in [0.15, 0.2) is 12.7 Å². The van der Waals surface area contributed by atoms with Crippen LogP contribution >= 0.6 is 12.2 Å². The van der Waals surface area contributed by atoms with E-state index in [2.05, 4.69) is 18.8 Å². The fourth-order valence-corrected chi connectivity index (χ4v) is 0.947. The van der Waals surface area contributed by atoms with Crippen molar-refractivity contribution >= 4 is 52.1 Å². The Morgan fingerprint density at radius 3 is 2.14 bits per heavy atom. The standard InChI is InChI=1S/C8H10O4S.Mg/c1-3-5(9)8(2,7(12)13)4-6(10)11;/h3H,1,4H2,2H3,(H,10,11)(H,12,13);/q;+2/p-2. The number of aliphatic carboxylic acids is 1. The van der Waals surface area contributed by atoms with Crippen LogP contribution in [0.25, 0.3) is 0 Å². The zero-order chi connectivity index (χ0) is 10.6. The second-order valence-electron chi connectivity index (χ2n) is 2.74. The molecule has 0 rings (SSSR count). The van der Waals surface area contributed by atoms with Gasteiger partial charge in [-0.25, -0.2) is 0 Å². The average molecular weight is 225 g/mol. The molecular weight excluding hydrogens is 216 g/mol. The van der Waals surface area contributed by atoms with Gasteiger partial charge in [0.1, 0.15) is 0 Å². The number of carbonyl (C=O) groups is 2. The molecule has 0 aromatic heterocycles. The monoisotopic (exact) mass is 224 g/mol. The topological polar surface area (TPSA) is 80.3 Å². The minimum Gasteiger partial charge on any atom is -0.867 e. The molecule has 0 bridgehead atoms. The Hall–Kier alpha value is -0.464. The van der Waals surface area contributed by atoms with E-state index in [-0.39, 0.29) is 23.1 Å². The fourth-order valence-electron chi connectivity index (χ4n) is 0.774. The van der Waals surface area contributed by atoms with Gasteiger partial charge in [0, 0.05) is 12.4 Å². The van der Waals surface area contributed by atoms with E-state index in [0.29, 0.717) is 0 Å². The van der Waals surface area contributed by atoms with Gasteiger partial charge in [0.25, 0.3) is 0 Å². The molecule has 0 radical (unpaired) electrons. The normalized spacial score (nSPS) is 13.2. The Kier molecular flexibility index (Phi) is 6.97. The molecule has 0 aromatic rings. The third-order valence-electron chi connectivity index (χ3n) is 1.68. The zero-order valence-corrected chi connectivity index (χ0v) is 9.97. The average Bonchev–Trinajstić information content (AvgIpc) is 2.01. The molecule has 0 saturated carbocycles. The van der Waals surface area contributed by atoms with Crippen LogP contribution in [-0.2, 0) is 9.59 Å². The van der Waals surface area contributed by atoms with Crippen molar-refractivity contribution in [3.05, 3.63) is 12.7 Å². The molecule has 0 aliphatic heterocycles. The molecule has 0 amide bonds. The molecule has 0 fully saturated rings. The molecule has 0 aliphatic carbocycles. The quantitative estimate of drug-likeness (QED) is 0.313. The summed E-state index contributed by atoms with van der Waals surface area (Å²) >= 11 is 4.28. The van der Waals surface area contributed by atoms with Crippen LogP contribution in [0.2, 0.25) is 0 Å². The van der Waals surface area contributed by atoms with Gasteiger partial charge < -0.3 is 15.0 Å². The van der Waals surface area contributed by atoms with E-state index in [1.54, 1.807) is 0 Å². The third-order valence-corrected chi connectivity index (χ3v) is 2.13. The Balaban J connectivity index is 0. The largest absolute Gasteiger partial charge is 2.00 e. The number of carboxylic acid groups (broad SMARTS) is 1. The Morgan fingerprint density at radius 1 is 1.50 bits per heavy atom. The van der Waals surface area contributed by atoms with Crippen molar-refractivity contribution in [3.8, 4) is 0 Å². The van der Waals surface area contributed by atoms with Gasteiger partial charge in [-0.15, -0.1) is 12.2 Å². The SMILES string of the molecule is C=CC(=O)C(C)(CC(=O)[O-])C([O-])=S.[Mg+2]. The number of carbonyl (C=O) groups excluding carboxylic acids is 2. The van der Waals surface area contributed by atoms with E-state index >= 15 is 0 Å². The summed E-state index contributed by atoms with van der Waals surface area (Å²) in [4.78, 5) is 21.4. The molecule has 6 heteroatoms. The number of hydrogen-bond acceptors (Lipinski definition) is 5. The molecule has 1 unspecified atom stereocenters. The molecule has 0 spiro atoms. The van der Waals surface area contributed by atoms with Crippen LogP contribution in [0.1, 0.15) is 13.3 Å². The van der Waals surface area contributed by atoms with Crippen LogP contribution in [0.4, 0.5) is 0 Å². The van der Waals surface area contributed by atoms with Gasteiger partial charge in [-0.05, 0) is 13.0 Å². The second kappa shape index (κ2) is 6.10. The molecule has 0 heterocycles. The smallest absolute Gasteiger partial charge is 0.867 e. The van der Waals surface area contributed by atoms with E-state index in [9.17, 15) is 19.8 Å². The molecule has 0 saturated heterocycles. The molecule has 0 aromatic carbocycles. The summed E-state index contributed by atoms with van der Waals surface area (Å²) in [6.45, 7) is 4.32. The molecule has 1 atom stereocenters. The maximum atomic E-state index is 11.1. The van der Waals surface area contributed by atoms with Crippen LogP contribution < -0.4 is 10.2 Å². The molecule has 14 heavy (non-hydrogen) atoms. The van der Waals surface area contributed by atoms with Gasteiger partial charge >= 0.3 is 23.1 Å². The second-order valence-corrected chi connectivity index (χ2v) is 3.11. The first-order chi connectivity index (χ1) is 5.84. The third kappa shape index (κ3) is 3.73. The van der Waals surface area contributed by atoms with Crippen molar-refractivity contribution in [2.75, 3.05) is 0 Å². The Labute approximate surface area is 103 Å². The summed E-state index contributed by atoms with van der Waals surface area (Å²) in [5.74, 6) is -2.19. The molecule has 4 nitrogen and oxygen atoms in total. The first-order valence-electron chi connectivity index (χ1n) is 3.42. The van der Waals surface area contributed by atoms with Gasteiger partial charge in [-0.2, -0.15) is 0 Å². The Bertz CT molecular complexity index is 277. The van der Waals surface area contributed by atoms with E-state index < -0.39 is 28.6 Å². The van der Waals surface area contributed by atoms with Crippen molar-refractivity contribution < 1.29 is 19.8 Å². The minimum atomic E-state index is -1.71. The zero-order valence-electron chi connectivity index (χ0n) is 7.74. The van der Waals surface area contributed by atoms with Crippen molar-refractivity contribution in [1.29, 1.82) is 0 Å². The van der Waals surface area contributed by atoms with Crippen LogP contribution in [-0.4, -0.2) is 39.9 Å². The molecule has 72 valence electrons. The number of carboxylic acids is 1. The predicted octanol–water partition coefficient (Wildman–Crippen LogP) is -1.81. The van der Waals surface area contributed by atoms with Crippen molar-refractivity contribution in [2.24, 2.45) is 5.41 Å².